The summed E-state index contributed by atoms with van der Waals surface area (Å²) in [6.45, 7) is 21.3. The van der Waals surface area contributed by atoms with E-state index in [1.54, 1.807) is 0 Å². The minimum Gasteiger partial charge on any atom is -0.494 e. The summed E-state index contributed by atoms with van der Waals surface area (Å²) >= 11 is 0. The van der Waals surface area contributed by atoms with Crippen molar-refractivity contribution >= 4 is 0 Å². The minimum atomic E-state index is 0.105. The average Bonchev–Trinajstić information content (AvgIpc) is 3.32. The molecule has 0 aliphatic heterocycles. The fourth-order valence-electron chi connectivity index (χ4n) is 10.1. The van der Waals surface area contributed by atoms with Gasteiger partial charge in [-0.2, -0.15) is 0 Å². The molecule has 0 N–H and O–H groups in total. The van der Waals surface area contributed by atoms with Crippen molar-refractivity contribution in [2.75, 3.05) is 6.61 Å². The Morgan fingerprint density at radius 2 is 0.706 bits per heavy atom. The van der Waals surface area contributed by atoms with Crippen molar-refractivity contribution in [1.29, 1.82) is 0 Å². The van der Waals surface area contributed by atoms with Crippen LogP contribution < -0.4 is 13.9 Å². The van der Waals surface area contributed by atoms with Crippen molar-refractivity contribution in [3.63, 3.8) is 0 Å². The second-order valence-corrected chi connectivity index (χ2v) is 23.6. The zero-order chi connectivity index (χ0) is 49.0. The molecule has 3 nitrogen and oxygen atoms in total. The van der Waals surface area contributed by atoms with Crippen LogP contribution in [0.3, 0.4) is 0 Å². The van der Waals surface area contributed by atoms with E-state index in [0.29, 0.717) is 0 Å². The summed E-state index contributed by atoms with van der Waals surface area (Å²) < 4.78 is 11.2. The lowest BCUT2D eigenvalue weighted by atomic mass is 9.80. The Kier molecular flexibility index (Phi) is 32.6. The second kappa shape index (κ2) is 37.1. The number of hydrogen-bond acceptors (Lipinski definition) is 1. The SMILES string of the molecule is CCCCCCCCCCCCCCCCCC(CCCCCCCCCCCCCCCCC)C[n+]1ccc(-c2cc[n+](CCCCCOc3cc(C(C)(C)C)cc(C(C)(C)C)c3)cc2)cc1. The van der Waals surface area contributed by atoms with E-state index in [9.17, 15) is 0 Å². The standard InChI is InChI=1S/C65H112N2O/c1-9-11-13-15-17-19-21-23-25-27-29-31-33-35-38-42-58(43-39-36-34-32-30-28-26-24-22-20-18-16-14-12-10-2)57-67-51-46-60(47-52-67)59-44-49-66(50-45-59)48-40-37-41-53-68-63-55-61(64(3,4)5)54-62(56-63)65(6,7)8/h44-47,49-52,54-56,58H,9-43,48,53,57H2,1-8H3/q+2. The summed E-state index contributed by atoms with van der Waals surface area (Å²) in [6, 6.07) is 16.2. The van der Waals surface area contributed by atoms with E-state index in [2.05, 4.69) is 132 Å². The zero-order valence-electron chi connectivity index (χ0n) is 46.6. The number of aryl methyl sites for hydroxylation is 1. The Morgan fingerprint density at radius 3 is 1.06 bits per heavy atom. The van der Waals surface area contributed by atoms with E-state index in [0.717, 1.165) is 37.7 Å². The van der Waals surface area contributed by atoms with Gasteiger partial charge in [0.05, 0.1) is 6.61 Å². The average molecular weight is 938 g/mol. The molecule has 2 aromatic heterocycles. The summed E-state index contributed by atoms with van der Waals surface area (Å²) in [4.78, 5) is 0. The molecule has 0 fully saturated rings. The van der Waals surface area contributed by atoms with Gasteiger partial charge in [0.2, 0.25) is 0 Å². The zero-order valence-corrected chi connectivity index (χ0v) is 46.6. The number of benzene rings is 1. The number of nitrogens with zero attached hydrogens (tertiary/aromatic N) is 2. The van der Waals surface area contributed by atoms with Crippen LogP contribution in [0.1, 0.15) is 291 Å². The molecule has 3 rings (SSSR count). The topological polar surface area (TPSA) is 17.0 Å². The maximum absolute atomic E-state index is 6.33. The van der Waals surface area contributed by atoms with Gasteiger partial charge in [-0.25, -0.2) is 9.13 Å². The molecule has 0 bridgehead atoms. The molecule has 3 heteroatoms. The van der Waals surface area contributed by atoms with E-state index in [1.807, 2.05) is 0 Å². The number of ether oxygens (including phenoxy) is 1. The van der Waals surface area contributed by atoms with Crippen LogP contribution in [0.2, 0.25) is 0 Å². The molecule has 2 heterocycles. The molecule has 386 valence electrons. The maximum Gasteiger partial charge on any atom is 0.169 e. The van der Waals surface area contributed by atoms with Gasteiger partial charge in [-0.05, 0) is 70.9 Å². The molecular weight excluding hydrogens is 825 g/mol. The lowest BCUT2D eigenvalue weighted by molar-refractivity contribution is -0.703. The molecule has 0 radical (unpaired) electrons. The van der Waals surface area contributed by atoms with E-state index in [4.69, 9.17) is 4.74 Å². The van der Waals surface area contributed by atoms with Gasteiger partial charge >= 0.3 is 0 Å². The fraction of sp³-hybridized carbons (Fsp3) is 0.754. The van der Waals surface area contributed by atoms with Gasteiger partial charge in [0.1, 0.15) is 12.3 Å². The summed E-state index contributed by atoms with van der Waals surface area (Å²) in [5.74, 6) is 1.81. The highest BCUT2D eigenvalue weighted by molar-refractivity contribution is 5.60. The Hall–Kier alpha value is -2.68. The Labute approximate surface area is 423 Å². The van der Waals surface area contributed by atoms with Crippen molar-refractivity contribution in [2.45, 2.75) is 304 Å². The van der Waals surface area contributed by atoms with Crippen LogP contribution in [-0.2, 0) is 23.9 Å². The molecular formula is C65H112N2O+2. The number of pyridine rings is 2. The molecule has 0 saturated carbocycles. The van der Waals surface area contributed by atoms with E-state index >= 15 is 0 Å². The molecule has 0 aliphatic rings. The van der Waals surface area contributed by atoms with Crippen LogP contribution in [0.4, 0.5) is 0 Å². The third-order valence-corrected chi connectivity index (χ3v) is 15.0. The first kappa shape index (κ1) is 59.6. The molecule has 1 aromatic carbocycles. The molecule has 0 amide bonds. The highest BCUT2D eigenvalue weighted by Gasteiger charge is 2.21. The van der Waals surface area contributed by atoms with Crippen molar-refractivity contribution in [3.8, 4) is 16.9 Å². The van der Waals surface area contributed by atoms with Crippen LogP contribution >= 0.6 is 0 Å². The minimum absolute atomic E-state index is 0.105. The van der Waals surface area contributed by atoms with Crippen LogP contribution in [0.5, 0.6) is 5.75 Å². The van der Waals surface area contributed by atoms with Crippen LogP contribution in [0.25, 0.3) is 11.1 Å². The third-order valence-electron chi connectivity index (χ3n) is 15.0. The predicted octanol–water partition coefficient (Wildman–Crippen LogP) is 19.9. The monoisotopic (exact) mass is 937 g/mol. The number of rotatable bonds is 42. The van der Waals surface area contributed by atoms with E-state index in [-0.39, 0.29) is 10.8 Å². The quantitative estimate of drug-likeness (QED) is 0.0409. The molecule has 0 unspecified atom stereocenters. The van der Waals surface area contributed by atoms with E-state index in [1.165, 1.54) is 241 Å². The first-order valence-electron chi connectivity index (χ1n) is 29.8. The summed E-state index contributed by atoms with van der Waals surface area (Å²) in [7, 11) is 0. The van der Waals surface area contributed by atoms with Crippen molar-refractivity contribution in [2.24, 2.45) is 5.92 Å². The van der Waals surface area contributed by atoms with Gasteiger partial charge in [0, 0.05) is 36.6 Å². The predicted molar refractivity (Wildman–Crippen MR) is 298 cm³/mol. The largest absolute Gasteiger partial charge is 0.494 e. The van der Waals surface area contributed by atoms with Gasteiger partial charge in [-0.3, -0.25) is 0 Å². The fourth-order valence-corrected chi connectivity index (χ4v) is 10.1. The summed E-state index contributed by atoms with van der Waals surface area (Å²) in [5, 5.41) is 0. The van der Waals surface area contributed by atoms with E-state index < -0.39 is 0 Å². The number of hydrogen-bond donors (Lipinski definition) is 0. The maximum atomic E-state index is 6.33. The Balaban J connectivity index is 1.37. The highest BCUT2D eigenvalue weighted by Crippen LogP contribution is 2.33. The molecule has 0 atom stereocenters. The normalized spacial score (nSPS) is 12.1. The highest BCUT2D eigenvalue weighted by atomic mass is 16.5. The van der Waals surface area contributed by atoms with Gasteiger partial charge < -0.3 is 4.74 Å². The number of aromatic nitrogens is 2. The summed E-state index contributed by atoms with van der Waals surface area (Å²) in [6.07, 6.45) is 58.7. The Morgan fingerprint density at radius 1 is 0.382 bits per heavy atom. The number of unbranched alkanes of at least 4 members (excludes halogenated alkanes) is 30. The lowest BCUT2D eigenvalue weighted by Crippen LogP contribution is -2.36. The van der Waals surface area contributed by atoms with Crippen molar-refractivity contribution < 1.29 is 13.9 Å². The van der Waals surface area contributed by atoms with Gasteiger partial charge in [0.15, 0.2) is 31.3 Å². The molecule has 68 heavy (non-hydrogen) atoms. The molecule has 0 saturated heterocycles. The van der Waals surface area contributed by atoms with Crippen LogP contribution in [0.15, 0.2) is 67.3 Å². The Bertz CT molecular complexity index is 1550. The van der Waals surface area contributed by atoms with Crippen molar-refractivity contribution in [3.05, 3.63) is 78.4 Å². The molecule has 3 aromatic rings. The third kappa shape index (κ3) is 28.9. The second-order valence-electron chi connectivity index (χ2n) is 23.6. The summed E-state index contributed by atoms with van der Waals surface area (Å²) in [5.41, 5.74) is 5.54. The smallest absolute Gasteiger partial charge is 0.169 e. The van der Waals surface area contributed by atoms with Gasteiger partial charge in [-0.1, -0.05) is 254 Å². The van der Waals surface area contributed by atoms with Crippen molar-refractivity contribution in [1.82, 2.24) is 0 Å². The molecule has 0 aliphatic carbocycles. The van der Waals surface area contributed by atoms with Gasteiger partial charge in [0.25, 0.3) is 0 Å². The first-order valence-corrected chi connectivity index (χ1v) is 29.8. The lowest BCUT2D eigenvalue weighted by Gasteiger charge is -2.26. The van der Waals surface area contributed by atoms with Crippen LogP contribution in [0, 0.1) is 5.92 Å². The first-order chi connectivity index (χ1) is 33.0. The van der Waals surface area contributed by atoms with Gasteiger partial charge in [-0.15, -0.1) is 0 Å². The van der Waals surface area contributed by atoms with Crippen LogP contribution in [-0.4, -0.2) is 6.61 Å². The molecule has 0 spiro atoms.